The number of amides is 1. The van der Waals surface area contributed by atoms with E-state index >= 15 is 0 Å². The number of benzene rings is 2. The quantitative estimate of drug-likeness (QED) is 0.490. The number of nitrogens with one attached hydrogen (secondary N) is 1. The molecule has 0 saturated carbocycles. The number of aryl methyl sites for hydroxylation is 1. The Morgan fingerprint density at radius 2 is 1.93 bits per heavy atom. The highest BCUT2D eigenvalue weighted by atomic mass is 32.2. The van der Waals surface area contributed by atoms with Crippen LogP contribution in [0, 0.1) is 6.92 Å². The Kier molecular flexibility index (Phi) is 7.66. The predicted molar refractivity (Wildman–Crippen MR) is 122 cm³/mol. The number of nitrogens with zero attached hydrogens (tertiary/aromatic N) is 1. The van der Waals surface area contributed by atoms with Crippen LogP contribution in [-0.4, -0.2) is 46.0 Å². The van der Waals surface area contributed by atoms with Gasteiger partial charge in [-0.3, -0.25) is 9.10 Å². The Bertz CT molecular complexity index is 975. The van der Waals surface area contributed by atoms with Gasteiger partial charge in [-0.15, -0.1) is 11.8 Å². The lowest BCUT2D eigenvalue weighted by Crippen LogP contribution is -2.38. The third-order valence-electron chi connectivity index (χ3n) is 5.02. The number of carbonyl (C=O) groups excluding carboxylic acids is 1. The number of methoxy groups -OCH3 is 1. The van der Waals surface area contributed by atoms with Crippen LogP contribution in [0.4, 0.5) is 5.69 Å². The molecule has 0 aromatic heterocycles. The van der Waals surface area contributed by atoms with Crippen LogP contribution in [0.3, 0.4) is 0 Å². The van der Waals surface area contributed by atoms with E-state index < -0.39 is 10.0 Å². The van der Waals surface area contributed by atoms with Crippen molar-refractivity contribution in [3.8, 4) is 5.75 Å². The lowest BCUT2D eigenvalue weighted by Gasteiger charge is -2.29. The Labute approximate surface area is 183 Å². The number of sulfonamides is 1. The highest BCUT2D eigenvalue weighted by Gasteiger charge is 2.27. The summed E-state index contributed by atoms with van der Waals surface area (Å²) in [6, 6.07) is 13.2. The summed E-state index contributed by atoms with van der Waals surface area (Å²) in [6.45, 7) is 2.90. The Balaban J connectivity index is 1.52. The van der Waals surface area contributed by atoms with Crippen molar-refractivity contribution in [3.63, 3.8) is 0 Å². The number of thioether (sulfide) groups is 1. The van der Waals surface area contributed by atoms with Crippen LogP contribution in [0.1, 0.15) is 35.2 Å². The van der Waals surface area contributed by atoms with Crippen molar-refractivity contribution in [2.75, 3.05) is 36.0 Å². The van der Waals surface area contributed by atoms with Crippen molar-refractivity contribution in [3.05, 3.63) is 53.6 Å². The highest BCUT2D eigenvalue weighted by Crippen LogP contribution is 2.28. The van der Waals surface area contributed by atoms with Crippen LogP contribution < -0.4 is 14.4 Å². The molecule has 0 aliphatic carbocycles. The van der Waals surface area contributed by atoms with E-state index in [1.807, 2.05) is 37.3 Å². The summed E-state index contributed by atoms with van der Waals surface area (Å²) >= 11 is 1.73. The zero-order chi connectivity index (χ0) is 21.6. The molecule has 1 heterocycles. The number of ether oxygens (including phenoxy) is 1. The largest absolute Gasteiger partial charge is 0.497 e. The summed E-state index contributed by atoms with van der Waals surface area (Å²) in [6.07, 6.45) is 2.36. The molecule has 1 fully saturated rings. The molecule has 1 aliphatic rings. The summed E-state index contributed by atoms with van der Waals surface area (Å²) in [5.41, 5.74) is 1.95. The molecule has 2 aromatic rings. The number of anilines is 1. The number of rotatable bonds is 8. The molecule has 8 heteroatoms. The zero-order valence-electron chi connectivity index (χ0n) is 17.4. The summed E-state index contributed by atoms with van der Waals surface area (Å²) in [5, 5.41) is 2.93. The molecule has 6 nitrogen and oxygen atoms in total. The van der Waals surface area contributed by atoms with E-state index in [1.165, 1.54) is 4.31 Å². The minimum Gasteiger partial charge on any atom is -0.497 e. The molecule has 1 aliphatic heterocycles. The van der Waals surface area contributed by atoms with Gasteiger partial charge in [-0.05, 0) is 73.9 Å². The number of hydrogen-bond acceptors (Lipinski definition) is 5. The molecule has 2 aromatic carbocycles. The van der Waals surface area contributed by atoms with Gasteiger partial charge in [0, 0.05) is 23.5 Å². The van der Waals surface area contributed by atoms with Gasteiger partial charge in [-0.1, -0.05) is 6.07 Å². The maximum absolute atomic E-state index is 12.6. The summed E-state index contributed by atoms with van der Waals surface area (Å²) in [7, 11) is -1.66. The van der Waals surface area contributed by atoms with Crippen molar-refractivity contribution in [2.45, 2.75) is 31.1 Å². The van der Waals surface area contributed by atoms with E-state index in [1.54, 1.807) is 31.0 Å². The average molecular weight is 449 g/mol. The van der Waals surface area contributed by atoms with E-state index in [2.05, 4.69) is 5.32 Å². The molecular weight excluding hydrogens is 420 g/mol. The fourth-order valence-electron chi connectivity index (χ4n) is 3.32. The fourth-order valence-corrected chi connectivity index (χ4v) is 5.86. The lowest BCUT2D eigenvalue weighted by molar-refractivity contribution is 0.0954. The summed E-state index contributed by atoms with van der Waals surface area (Å²) in [4.78, 5) is 13.7. The molecule has 0 unspecified atom stereocenters. The monoisotopic (exact) mass is 448 g/mol. The highest BCUT2D eigenvalue weighted by molar-refractivity contribution is 7.99. The number of hydrogen-bond donors (Lipinski definition) is 1. The molecule has 162 valence electrons. The van der Waals surface area contributed by atoms with E-state index in [9.17, 15) is 13.2 Å². The van der Waals surface area contributed by atoms with E-state index in [0.717, 1.165) is 34.8 Å². The van der Waals surface area contributed by atoms with Crippen molar-refractivity contribution in [2.24, 2.45) is 0 Å². The normalized spacial score (nSPS) is 15.6. The third kappa shape index (κ3) is 5.70. The predicted octanol–water partition coefficient (Wildman–Crippen LogP) is 3.85. The van der Waals surface area contributed by atoms with Crippen molar-refractivity contribution in [1.29, 1.82) is 0 Å². The van der Waals surface area contributed by atoms with Gasteiger partial charge in [0.05, 0.1) is 18.6 Å². The Hall–Kier alpha value is -2.19. The number of carbonyl (C=O) groups is 1. The van der Waals surface area contributed by atoms with Crippen LogP contribution in [0.5, 0.6) is 5.75 Å². The summed E-state index contributed by atoms with van der Waals surface area (Å²) < 4.78 is 31.5. The first-order valence-electron chi connectivity index (χ1n) is 10.1. The molecule has 0 radical (unpaired) electrons. The molecule has 1 saturated heterocycles. The second-order valence-electron chi connectivity index (χ2n) is 7.23. The van der Waals surface area contributed by atoms with Crippen molar-refractivity contribution in [1.82, 2.24) is 5.32 Å². The van der Waals surface area contributed by atoms with Gasteiger partial charge in [0.25, 0.3) is 5.91 Å². The van der Waals surface area contributed by atoms with E-state index in [0.29, 0.717) is 30.8 Å². The molecular formula is C22H28N2O4S2. The third-order valence-corrected chi connectivity index (χ3v) is 7.98. The van der Waals surface area contributed by atoms with E-state index in [-0.39, 0.29) is 11.7 Å². The molecule has 0 spiro atoms. The smallest absolute Gasteiger partial charge is 0.251 e. The van der Waals surface area contributed by atoms with Gasteiger partial charge in [-0.25, -0.2) is 8.42 Å². The zero-order valence-corrected chi connectivity index (χ0v) is 19.0. The standard InChI is InChI=1S/C22H28N2O4S2/c1-17-6-7-18(16-21(17)24-13-3-4-15-30(24,26)27)22(25)23-12-5-14-29-20-10-8-19(28-2)9-11-20/h6-11,16H,3-5,12-15H2,1-2H3,(H,23,25). The maximum atomic E-state index is 12.6. The van der Waals surface area contributed by atoms with Gasteiger partial charge in [0.15, 0.2) is 0 Å². The molecule has 30 heavy (non-hydrogen) atoms. The summed E-state index contributed by atoms with van der Waals surface area (Å²) in [5.74, 6) is 1.70. The fraction of sp³-hybridized carbons (Fsp3) is 0.409. The lowest BCUT2D eigenvalue weighted by atomic mass is 10.1. The van der Waals surface area contributed by atoms with Gasteiger partial charge in [0.2, 0.25) is 10.0 Å². The van der Waals surface area contributed by atoms with Gasteiger partial charge >= 0.3 is 0 Å². The molecule has 3 rings (SSSR count). The van der Waals surface area contributed by atoms with Gasteiger partial charge in [0.1, 0.15) is 5.75 Å². The minimum atomic E-state index is -3.31. The van der Waals surface area contributed by atoms with E-state index in [4.69, 9.17) is 4.74 Å². The second kappa shape index (κ2) is 10.2. The first-order chi connectivity index (χ1) is 14.4. The SMILES string of the molecule is COc1ccc(SCCCNC(=O)c2ccc(C)c(N3CCCCS3(=O)=O)c2)cc1. The second-order valence-corrected chi connectivity index (χ2v) is 10.4. The van der Waals surface area contributed by atoms with Crippen LogP contribution >= 0.6 is 11.8 Å². The molecule has 0 atom stereocenters. The van der Waals surface area contributed by atoms with Gasteiger partial charge < -0.3 is 10.1 Å². The van der Waals surface area contributed by atoms with Crippen LogP contribution in [0.15, 0.2) is 47.4 Å². The first-order valence-corrected chi connectivity index (χ1v) is 12.7. The molecule has 1 amide bonds. The Morgan fingerprint density at radius 3 is 2.63 bits per heavy atom. The average Bonchev–Trinajstić information content (AvgIpc) is 2.74. The topological polar surface area (TPSA) is 75.7 Å². The molecule has 1 N–H and O–H groups in total. The first kappa shape index (κ1) is 22.5. The molecule has 0 bridgehead atoms. The van der Waals surface area contributed by atoms with Crippen LogP contribution in [0.2, 0.25) is 0 Å². The minimum absolute atomic E-state index is 0.161. The van der Waals surface area contributed by atoms with Crippen LogP contribution in [0.25, 0.3) is 0 Å². The Morgan fingerprint density at radius 1 is 1.17 bits per heavy atom. The van der Waals surface area contributed by atoms with Crippen molar-refractivity contribution < 1.29 is 17.9 Å². The van der Waals surface area contributed by atoms with Gasteiger partial charge in [-0.2, -0.15) is 0 Å². The van der Waals surface area contributed by atoms with Crippen molar-refractivity contribution >= 4 is 33.4 Å². The maximum Gasteiger partial charge on any atom is 0.251 e. The van der Waals surface area contributed by atoms with Crippen LogP contribution in [-0.2, 0) is 10.0 Å².